The molecule has 0 radical (unpaired) electrons. The Morgan fingerprint density at radius 3 is 2.31 bits per heavy atom. The SMILES string of the molecule is CN(C)/C=N/c1nc(Cl)cc(Cl)n1. The van der Waals surface area contributed by atoms with Crippen LogP contribution in [0.3, 0.4) is 0 Å². The highest BCUT2D eigenvalue weighted by Gasteiger charge is 1.98. The van der Waals surface area contributed by atoms with Gasteiger partial charge in [-0.2, -0.15) is 9.97 Å². The molecule has 1 heterocycles. The third-order valence-corrected chi connectivity index (χ3v) is 1.44. The van der Waals surface area contributed by atoms with Crippen molar-refractivity contribution in [2.24, 2.45) is 4.99 Å². The van der Waals surface area contributed by atoms with Crippen molar-refractivity contribution in [2.75, 3.05) is 14.1 Å². The zero-order valence-corrected chi connectivity index (χ0v) is 8.71. The minimum Gasteiger partial charge on any atom is -0.369 e. The van der Waals surface area contributed by atoms with Gasteiger partial charge in [-0.25, -0.2) is 4.99 Å². The van der Waals surface area contributed by atoms with Crippen LogP contribution in [0.5, 0.6) is 0 Å². The maximum atomic E-state index is 5.64. The third kappa shape index (κ3) is 3.57. The van der Waals surface area contributed by atoms with E-state index in [1.165, 1.54) is 6.07 Å². The van der Waals surface area contributed by atoms with Crippen molar-refractivity contribution >= 4 is 35.5 Å². The summed E-state index contributed by atoms with van der Waals surface area (Å²) >= 11 is 11.3. The molecule has 1 aromatic rings. The number of aromatic nitrogens is 2. The number of aliphatic imine (C=N–C) groups is 1. The average Bonchev–Trinajstić information content (AvgIpc) is 1.99. The Morgan fingerprint density at radius 2 is 1.85 bits per heavy atom. The molecule has 0 N–H and O–H groups in total. The Bertz CT molecular complexity index is 304. The zero-order chi connectivity index (χ0) is 9.84. The summed E-state index contributed by atoms with van der Waals surface area (Å²) in [5.74, 6) is 0.256. The molecule has 0 spiro atoms. The average molecular weight is 219 g/mol. The first-order valence-electron chi connectivity index (χ1n) is 3.48. The predicted octanol–water partition coefficient (Wildman–Crippen LogP) is 2.00. The first kappa shape index (κ1) is 10.2. The Morgan fingerprint density at radius 1 is 1.31 bits per heavy atom. The summed E-state index contributed by atoms with van der Waals surface area (Å²) < 4.78 is 0. The van der Waals surface area contributed by atoms with Gasteiger partial charge in [-0.3, -0.25) is 0 Å². The van der Waals surface area contributed by atoms with Crippen molar-refractivity contribution in [3.63, 3.8) is 0 Å². The minimum atomic E-state index is 0.256. The zero-order valence-electron chi connectivity index (χ0n) is 7.20. The van der Waals surface area contributed by atoms with Gasteiger partial charge in [0.05, 0.1) is 6.34 Å². The van der Waals surface area contributed by atoms with Gasteiger partial charge in [-0.1, -0.05) is 23.2 Å². The molecular weight excluding hydrogens is 211 g/mol. The van der Waals surface area contributed by atoms with E-state index in [0.717, 1.165) is 0 Å². The molecule has 0 aromatic carbocycles. The summed E-state index contributed by atoms with van der Waals surface area (Å²) in [6.45, 7) is 0. The van der Waals surface area contributed by atoms with E-state index in [9.17, 15) is 0 Å². The fourth-order valence-electron chi connectivity index (χ4n) is 0.604. The van der Waals surface area contributed by atoms with Crippen LogP contribution in [0.4, 0.5) is 5.95 Å². The molecule has 0 saturated heterocycles. The van der Waals surface area contributed by atoms with Gasteiger partial charge in [0.1, 0.15) is 10.3 Å². The van der Waals surface area contributed by atoms with Crippen LogP contribution in [0.1, 0.15) is 0 Å². The fourth-order valence-corrected chi connectivity index (χ4v) is 1.02. The van der Waals surface area contributed by atoms with Crippen molar-refractivity contribution in [3.05, 3.63) is 16.4 Å². The maximum Gasteiger partial charge on any atom is 0.253 e. The lowest BCUT2D eigenvalue weighted by atomic mass is 10.7. The molecule has 0 bridgehead atoms. The molecule has 0 aliphatic carbocycles. The highest BCUT2D eigenvalue weighted by molar-refractivity contribution is 6.33. The van der Waals surface area contributed by atoms with E-state index in [4.69, 9.17) is 23.2 Å². The van der Waals surface area contributed by atoms with Gasteiger partial charge in [-0.05, 0) is 0 Å². The molecule has 6 heteroatoms. The summed E-state index contributed by atoms with van der Waals surface area (Å²) in [6.07, 6.45) is 1.57. The van der Waals surface area contributed by atoms with E-state index in [1.54, 1.807) is 11.2 Å². The number of hydrogen-bond acceptors (Lipinski definition) is 3. The van der Waals surface area contributed by atoms with Crippen LogP contribution < -0.4 is 0 Å². The fraction of sp³-hybridized carbons (Fsp3) is 0.286. The van der Waals surface area contributed by atoms with Gasteiger partial charge in [0, 0.05) is 20.2 Å². The Balaban J connectivity index is 2.89. The van der Waals surface area contributed by atoms with Gasteiger partial charge in [-0.15, -0.1) is 0 Å². The molecule has 4 nitrogen and oxygen atoms in total. The Kier molecular flexibility index (Phi) is 3.45. The first-order valence-corrected chi connectivity index (χ1v) is 4.24. The number of rotatable bonds is 2. The summed E-state index contributed by atoms with van der Waals surface area (Å²) in [7, 11) is 3.69. The van der Waals surface area contributed by atoms with Crippen molar-refractivity contribution in [1.29, 1.82) is 0 Å². The molecular formula is C7H8Cl2N4. The van der Waals surface area contributed by atoms with Crippen LogP contribution in [-0.2, 0) is 0 Å². The van der Waals surface area contributed by atoms with Crippen LogP contribution >= 0.6 is 23.2 Å². The standard InChI is InChI=1S/C7H8Cl2N4/c1-13(2)4-10-7-11-5(8)3-6(9)12-7/h3-4H,1-2H3/b10-4+. The van der Waals surface area contributed by atoms with E-state index in [1.807, 2.05) is 14.1 Å². The Labute approximate surface area is 86.2 Å². The molecule has 1 aromatic heterocycles. The smallest absolute Gasteiger partial charge is 0.253 e. The van der Waals surface area contributed by atoms with E-state index in [0.29, 0.717) is 0 Å². The lowest BCUT2D eigenvalue weighted by Gasteiger charge is -2.01. The number of halogens is 2. The second-order valence-corrected chi connectivity index (χ2v) is 3.30. The quantitative estimate of drug-likeness (QED) is 0.434. The second kappa shape index (κ2) is 4.39. The molecule has 0 amide bonds. The highest BCUT2D eigenvalue weighted by Crippen LogP contribution is 2.15. The molecule has 0 aliphatic heterocycles. The number of hydrogen-bond donors (Lipinski definition) is 0. The second-order valence-electron chi connectivity index (χ2n) is 2.52. The van der Waals surface area contributed by atoms with Crippen LogP contribution in [0.2, 0.25) is 10.3 Å². The normalized spacial score (nSPS) is 10.8. The predicted molar refractivity (Wildman–Crippen MR) is 53.9 cm³/mol. The third-order valence-electron chi connectivity index (χ3n) is 1.06. The topological polar surface area (TPSA) is 41.4 Å². The van der Waals surface area contributed by atoms with Gasteiger partial charge in [0.15, 0.2) is 0 Å². The van der Waals surface area contributed by atoms with Crippen LogP contribution in [0.25, 0.3) is 0 Å². The van der Waals surface area contributed by atoms with E-state index < -0.39 is 0 Å². The van der Waals surface area contributed by atoms with Crippen LogP contribution in [0, 0.1) is 0 Å². The molecule has 0 atom stereocenters. The summed E-state index contributed by atoms with van der Waals surface area (Å²) in [4.78, 5) is 13.4. The highest BCUT2D eigenvalue weighted by atomic mass is 35.5. The van der Waals surface area contributed by atoms with E-state index >= 15 is 0 Å². The van der Waals surface area contributed by atoms with Crippen LogP contribution in [-0.4, -0.2) is 35.3 Å². The summed E-state index contributed by atoms with van der Waals surface area (Å²) in [5.41, 5.74) is 0. The molecule has 0 unspecified atom stereocenters. The lowest BCUT2D eigenvalue weighted by Crippen LogP contribution is -2.07. The van der Waals surface area contributed by atoms with Crippen molar-refractivity contribution in [2.45, 2.75) is 0 Å². The lowest BCUT2D eigenvalue weighted by molar-refractivity contribution is 0.642. The molecule has 70 valence electrons. The summed E-state index contributed by atoms with van der Waals surface area (Å²) in [6, 6.07) is 1.46. The van der Waals surface area contributed by atoms with E-state index in [-0.39, 0.29) is 16.3 Å². The molecule has 13 heavy (non-hydrogen) atoms. The molecule has 0 aliphatic rings. The van der Waals surface area contributed by atoms with Crippen LogP contribution in [0.15, 0.2) is 11.1 Å². The molecule has 1 rings (SSSR count). The number of nitrogens with zero attached hydrogens (tertiary/aromatic N) is 4. The van der Waals surface area contributed by atoms with Gasteiger partial charge in [0.25, 0.3) is 5.95 Å². The summed E-state index contributed by atoms with van der Waals surface area (Å²) in [5, 5.41) is 0.566. The minimum absolute atomic E-state index is 0.256. The van der Waals surface area contributed by atoms with Crippen molar-refractivity contribution in [3.8, 4) is 0 Å². The molecule has 0 saturated carbocycles. The molecule has 0 fully saturated rings. The Hall–Kier alpha value is -0.870. The van der Waals surface area contributed by atoms with Gasteiger partial charge >= 0.3 is 0 Å². The van der Waals surface area contributed by atoms with Gasteiger partial charge < -0.3 is 4.90 Å². The van der Waals surface area contributed by atoms with Crippen molar-refractivity contribution in [1.82, 2.24) is 14.9 Å². The first-order chi connectivity index (χ1) is 6.08. The maximum absolute atomic E-state index is 5.64. The van der Waals surface area contributed by atoms with Gasteiger partial charge in [0.2, 0.25) is 0 Å². The van der Waals surface area contributed by atoms with E-state index in [2.05, 4.69) is 15.0 Å². The largest absolute Gasteiger partial charge is 0.369 e. The van der Waals surface area contributed by atoms with Crippen molar-refractivity contribution < 1.29 is 0 Å². The monoisotopic (exact) mass is 218 g/mol.